The van der Waals surface area contributed by atoms with E-state index in [2.05, 4.69) is 0 Å². The summed E-state index contributed by atoms with van der Waals surface area (Å²) < 4.78 is 7.19. The lowest BCUT2D eigenvalue weighted by molar-refractivity contribution is -0.142. The summed E-state index contributed by atoms with van der Waals surface area (Å²) in [5.74, 6) is 0.167. The van der Waals surface area contributed by atoms with Gasteiger partial charge in [-0.1, -0.05) is 48.5 Å². The van der Waals surface area contributed by atoms with Gasteiger partial charge in [0.15, 0.2) is 0 Å². The number of rotatable bonds is 5. The molecule has 0 radical (unpaired) electrons. The zero-order valence-electron chi connectivity index (χ0n) is 19.8. The lowest BCUT2D eigenvalue weighted by atomic mass is 9.95. The third kappa shape index (κ3) is 5.35. The van der Waals surface area contributed by atoms with E-state index in [-0.39, 0.29) is 17.7 Å². The topological polar surface area (TPSA) is 67.7 Å². The molecule has 2 aliphatic rings. The summed E-state index contributed by atoms with van der Waals surface area (Å²) in [6.45, 7) is 3.75. The minimum absolute atomic E-state index is 0.00471. The quantitative estimate of drug-likeness (QED) is 0.534. The molecule has 0 unspecified atom stereocenters. The molecule has 2 aromatic carbocycles. The maximum absolute atomic E-state index is 13.0. The molecule has 2 amide bonds. The van der Waals surface area contributed by atoms with Crippen molar-refractivity contribution in [1.82, 2.24) is 19.6 Å². The van der Waals surface area contributed by atoms with Crippen LogP contribution in [0, 0.1) is 5.92 Å². The Morgan fingerprint density at radius 3 is 2.20 bits per heavy atom. The first-order valence-corrected chi connectivity index (χ1v) is 12.2. The summed E-state index contributed by atoms with van der Waals surface area (Å²) in [6.07, 6.45) is 6.84. The smallest absolute Gasteiger partial charge is 0.246 e. The normalized spacial score (nSPS) is 17.1. The Balaban J connectivity index is 1.27. The molecule has 0 bridgehead atoms. The van der Waals surface area contributed by atoms with E-state index in [1.54, 1.807) is 6.08 Å². The lowest BCUT2D eigenvalue weighted by Gasteiger charge is -2.35. The van der Waals surface area contributed by atoms with Crippen molar-refractivity contribution in [3.63, 3.8) is 0 Å². The number of amides is 2. The van der Waals surface area contributed by atoms with Crippen molar-refractivity contribution in [3.8, 4) is 16.9 Å². The summed E-state index contributed by atoms with van der Waals surface area (Å²) in [4.78, 5) is 29.5. The highest BCUT2D eigenvalue weighted by Crippen LogP contribution is 2.25. The van der Waals surface area contributed by atoms with Crippen molar-refractivity contribution < 1.29 is 14.3 Å². The fraction of sp³-hybridized carbons (Fsp3) is 0.321. The molecule has 3 aromatic rings. The van der Waals surface area contributed by atoms with Crippen LogP contribution in [-0.4, -0.2) is 70.8 Å². The predicted molar refractivity (Wildman–Crippen MR) is 135 cm³/mol. The molecule has 2 aliphatic heterocycles. The number of hydrogen-bond donors (Lipinski definition) is 0. The van der Waals surface area contributed by atoms with E-state index in [1.165, 1.54) is 0 Å². The van der Waals surface area contributed by atoms with E-state index in [1.807, 2.05) is 87.4 Å². The van der Waals surface area contributed by atoms with Crippen molar-refractivity contribution in [1.29, 1.82) is 0 Å². The molecular formula is C28H30N4O3. The summed E-state index contributed by atoms with van der Waals surface area (Å²) in [6, 6.07) is 19.9. The lowest BCUT2D eigenvalue weighted by Crippen LogP contribution is -2.47. The number of carbonyl (C=O) groups is 2. The van der Waals surface area contributed by atoms with Crippen LogP contribution in [-0.2, 0) is 14.3 Å². The van der Waals surface area contributed by atoms with Crippen LogP contribution >= 0.6 is 0 Å². The van der Waals surface area contributed by atoms with E-state index in [4.69, 9.17) is 9.84 Å². The van der Waals surface area contributed by atoms with Gasteiger partial charge in [0.05, 0.1) is 24.6 Å². The molecule has 35 heavy (non-hydrogen) atoms. The first-order valence-electron chi connectivity index (χ1n) is 12.2. The number of ether oxygens (including phenoxy) is 1. The van der Waals surface area contributed by atoms with Crippen LogP contribution in [0.2, 0.25) is 0 Å². The van der Waals surface area contributed by atoms with Crippen LogP contribution in [0.4, 0.5) is 0 Å². The average Bonchev–Trinajstić information content (AvgIpc) is 3.37. The second kappa shape index (κ2) is 10.7. The number of aromatic nitrogens is 2. The molecule has 5 rings (SSSR count). The molecule has 0 spiro atoms. The van der Waals surface area contributed by atoms with Crippen LogP contribution < -0.4 is 0 Å². The Bertz CT molecular complexity index is 1180. The Labute approximate surface area is 205 Å². The number of carbonyl (C=O) groups excluding carboxylic acids is 2. The minimum atomic E-state index is -0.0336. The highest BCUT2D eigenvalue weighted by Gasteiger charge is 2.30. The van der Waals surface area contributed by atoms with Crippen LogP contribution in [0.3, 0.4) is 0 Å². The van der Waals surface area contributed by atoms with Gasteiger partial charge in [-0.15, -0.1) is 0 Å². The van der Waals surface area contributed by atoms with Gasteiger partial charge in [-0.05, 0) is 31.1 Å². The molecule has 3 heterocycles. The highest BCUT2D eigenvalue weighted by molar-refractivity contribution is 5.93. The molecule has 7 heteroatoms. The zero-order chi connectivity index (χ0) is 24.0. The van der Waals surface area contributed by atoms with E-state index in [9.17, 15) is 9.59 Å². The van der Waals surface area contributed by atoms with E-state index < -0.39 is 0 Å². The van der Waals surface area contributed by atoms with Gasteiger partial charge in [-0.3, -0.25) is 9.59 Å². The van der Waals surface area contributed by atoms with Crippen LogP contribution in [0.25, 0.3) is 23.0 Å². The molecule has 180 valence electrons. The minimum Gasteiger partial charge on any atom is -0.378 e. The molecule has 0 saturated carbocycles. The van der Waals surface area contributed by atoms with Gasteiger partial charge >= 0.3 is 0 Å². The maximum Gasteiger partial charge on any atom is 0.246 e. The van der Waals surface area contributed by atoms with Gasteiger partial charge in [0.25, 0.3) is 0 Å². The van der Waals surface area contributed by atoms with Crippen molar-refractivity contribution in [3.05, 3.63) is 78.5 Å². The first kappa shape index (κ1) is 23.1. The third-order valence-corrected chi connectivity index (χ3v) is 6.69. The number of hydrogen-bond acceptors (Lipinski definition) is 4. The Morgan fingerprint density at radius 2 is 1.51 bits per heavy atom. The van der Waals surface area contributed by atoms with Gasteiger partial charge in [0.2, 0.25) is 11.8 Å². The van der Waals surface area contributed by atoms with Gasteiger partial charge in [0.1, 0.15) is 0 Å². The molecule has 2 saturated heterocycles. The number of benzene rings is 2. The van der Waals surface area contributed by atoms with Gasteiger partial charge in [0, 0.05) is 55.5 Å². The molecule has 0 atom stereocenters. The zero-order valence-corrected chi connectivity index (χ0v) is 19.8. The van der Waals surface area contributed by atoms with Gasteiger partial charge in [-0.25, -0.2) is 4.68 Å². The molecule has 0 N–H and O–H groups in total. The van der Waals surface area contributed by atoms with E-state index in [0.29, 0.717) is 52.2 Å². The summed E-state index contributed by atoms with van der Waals surface area (Å²) in [5.41, 5.74) is 3.67. The summed E-state index contributed by atoms with van der Waals surface area (Å²) in [5, 5.41) is 4.80. The van der Waals surface area contributed by atoms with Gasteiger partial charge < -0.3 is 14.5 Å². The summed E-state index contributed by atoms with van der Waals surface area (Å²) in [7, 11) is 0. The van der Waals surface area contributed by atoms with Crippen molar-refractivity contribution in [2.75, 3.05) is 39.4 Å². The molecular weight excluding hydrogens is 440 g/mol. The average molecular weight is 471 g/mol. The fourth-order valence-corrected chi connectivity index (χ4v) is 4.70. The van der Waals surface area contributed by atoms with E-state index >= 15 is 0 Å². The fourth-order valence-electron chi connectivity index (χ4n) is 4.70. The largest absolute Gasteiger partial charge is 0.378 e. The predicted octanol–water partition coefficient (Wildman–Crippen LogP) is 3.65. The van der Waals surface area contributed by atoms with Crippen molar-refractivity contribution >= 4 is 17.9 Å². The number of morpholine rings is 1. The number of para-hydroxylation sites is 1. The van der Waals surface area contributed by atoms with E-state index in [0.717, 1.165) is 22.5 Å². The van der Waals surface area contributed by atoms with Crippen LogP contribution in [0.15, 0.2) is 72.9 Å². The Hall–Kier alpha value is -3.71. The first-order chi connectivity index (χ1) is 17.2. The molecule has 2 fully saturated rings. The Kier molecular flexibility index (Phi) is 7.04. The SMILES string of the molecule is O=C(/C=C/c1cn(-c2ccccc2)nc1-c1ccccc1)N1CCC(C(=O)N2CCOCC2)CC1. The van der Waals surface area contributed by atoms with Crippen molar-refractivity contribution in [2.24, 2.45) is 5.92 Å². The number of nitrogens with zero attached hydrogens (tertiary/aromatic N) is 4. The second-order valence-corrected chi connectivity index (χ2v) is 8.95. The Morgan fingerprint density at radius 1 is 0.857 bits per heavy atom. The van der Waals surface area contributed by atoms with Crippen LogP contribution in [0.5, 0.6) is 0 Å². The molecule has 1 aromatic heterocycles. The number of piperidine rings is 1. The molecule has 7 nitrogen and oxygen atoms in total. The third-order valence-electron chi connectivity index (χ3n) is 6.69. The highest BCUT2D eigenvalue weighted by atomic mass is 16.5. The van der Waals surface area contributed by atoms with Crippen LogP contribution in [0.1, 0.15) is 18.4 Å². The monoisotopic (exact) mass is 470 g/mol. The molecule has 0 aliphatic carbocycles. The van der Waals surface area contributed by atoms with Crippen molar-refractivity contribution in [2.45, 2.75) is 12.8 Å². The summed E-state index contributed by atoms with van der Waals surface area (Å²) >= 11 is 0. The second-order valence-electron chi connectivity index (χ2n) is 8.95. The maximum atomic E-state index is 13.0. The number of likely N-dealkylation sites (tertiary alicyclic amines) is 1. The van der Waals surface area contributed by atoms with Gasteiger partial charge in [-0.2, -0.15) is 5.10 Å². The standard InChI is InChI=1S/C28H30N4O3/c33-26(30-15-13-23(14-16-30)28(34)31-17-19-35-20-18-31)12-11-24-21-32(25-9-5-2-6-10-25)29-27(24)22-7-3-1-4-8-22/h1-12,21,23H,13-20H2/b12-11+.